The van der Waals surface area contributed by atoms with Gasteiger partial charge in [-0.1, -0.05) is 29.3 Å². The molecule has 1 amide bonds. The van der Waals surface area contributed by atoms with Crippen LogP contribution < -0.4 is 9.64 Å². The van der Waals surface area contributed by atoms with Gasteiger partial charge in [-0.2, -0.15) is 5.10 Å². The minimum Gasteiger partial charge on any atom is -0.494 e. The fraction of sp³-hybridized carbons (Fsp3) is 0.386. The van der Waals surface area contributed by atoms with E-state index in [9.17, 15) is 9.90 Å². The predicted octanol–water partition coefficient (Wildman–Crippen LogP) is 9.56. The van der Waals surface area contributed by atoms with Gasteiger partial charge in [-0.25, -0.2) is 4.79 Å². The minimum atomic E-state index is -0.992. The Bertz CT molecular complexity index is 2520. The second-order valence-corrected chi connectivity index (χ2v) is 16.4. The first-order valence-corrected chi connectivity index (χ1v) is 20.2. The van der Waals surface area contributed by atoms with Gasteiger partial charge in [-0.3, -0.25) is 9.48 Å². The molecule has 8 rings (SSSR count). The van der Waals surface area contributed by atoms with Crippen molar-refractivity contribution in [2.45, 2.75) is 72.9 Å². The van der Waals surface area contributed by atoms with Crippen molar-refractivity contribution < 1.29 is 19.4 Å². The molecule has 0 unspecified atom stereocenters. The summed E-state index contributed by atoms with van der Waals surface area (Å²) < 4.78 is 12.5. The normalized spacial score (nSPS) is 16.1. The Balaban J connectivity index is 1.23. The van der Waals surface area contributed by atoms with Gasteiger partial charge in [-0.15, -0.1) is 0 Å². The van der Waals surface area contributed by atoms with Crippen molar-refractivity contribution in [3.05, 3.63) is 98.0 Å². The maximum atomic E-state index is 15.1. The zero-order chi connectivity index (χ0) is 39.6. The molecule has 5 heterocycles. The zero-order valence-electron chi connectivity index (χ0n) is 32.9. The van der Waals surface area contributed by atoms with E-state index in [1.807, 2.05) is 54.8 Å². The number of carboxylic acid groups (broad SMARTS) is 1. The molecule has 0 aliphatic carbocycles. The van der Waals surface area contributed by atoms with Gasteiger partial charge >= 0.3 is 5.97 Å². The third-order valence-corrected chi connectivity index (χ3v) is 12.7. The van der Waals surface area contributed by atoms with Crippen LogP contribution in [0, 0.1) is 27.7 Å². The highest BCUT2D eigenvalue weighted by Crippen LogP contribution is 2.46. The van der Waals surface area contributed by atoms with Crippen LogP contribution in [0.4, 0.5) is 5.69 Å². The van der Waals surface area contributed by atoms with Gasteiger partial charge in [0.25, 0.3) is 5.91 Å². The van der Waals surface area contributed by atoms with Crippen LogP contribution in [0.2, 0.25) is 10.0 Å². The lowest BCUT2D eigenvalue weighted by Gasteiger charge is -2.34. The SMILES string of the molecule is Cc1cc(OCCCc2c3n(c4c(-c5c(C)nn(CCN6CCCC6)c5C)c(Cl)ccc24)[C@H](C)CN(c2cn(C)c4cc(C(=O)O)ccc24)C3=O)cc(C)c1Cl. The van der Waals surface area contributed by atoms with E-state index in [0.717, 1.165) is 104 Å². The molecule has 1 fully saturated rings. The second-order valence-electron chi connectivity index (χ2n) is 15.6. The van der Waals surface area contributed by atoms with E-state index >= 15 is 4.79 Å². The Morgan fingerprint density at radius 2 is 1.68 bits per heavy atom. The molecule has 12 heteroatoms. The molecule has 56 heavy (non-hydrogen) atoms. The summed E-state index contributed by atoms with van der Waals surface area (Å²) in [5, 5.41) is 17.9. The topological polar surface area (TPSA) is 97.8 Å². The summed E-state index contributed by atoms with van der Waals surface area (Å²) in [5.74, 6) is -0.326. The number of amides is 1. The van der Waals surface area contributed by atoms with Gasteiger partial charge in [0.05, 0.1) is 46.2 Å². The lowest BCUT2D eigenvalue weighted by atomic mass is 9.98. The van der Waals surface area contributed by atoms with Crippen molar-refractivity contribution in [2.24, 2.45) is 7.05 Å². The van der Waals surface area contributed by atoms with Gasteiger partial charge in [0.2, 0.25) is 0 Å². The number of carboxylic acids is 1. The van der Waals surface area contributed by atoms with Crippen molar-refractivity contribution in [1.82, 2.24) is 23.8 Å². The Labute approximate surface area is 337 Å². The Hall–Kier alpha value is -4.77. The number of ether oxygens (including phenoxy) is 1. The number of likely N-dealkylation sites (tertiary alicyclic amines) is 1. The fourth-order valence-corrected chi connectivity index (χ4v) is 9.39. The second kappa shape index (κ2) is 15.0. The van der Waals surface area contributed by atoms with E-state index in [0.29, 0.717) is 36.7 Å². The Morgan fingerprint density at radius 1 is 0.964 bits per heavy atom. The minimum absolute atomic E-state index is 0.106. The van der Waals surface area contributed by atoms with Crippen LogP contribution in [0.3, 0.4) is 0 Å². The summed E-state index contributed by atoms with van der Waals surface area (Å²) in [6, 6.07) is 12.9. The molecule has 3 aromatic heterocycles. The number of rotatable bonds is 11. The lowest BCUT2D eigenvalue weighted by molar-refractivity contribution is 0.0696. The molecule has 1 atom stereocenters. The summed E-state index contributed by atoms with van der Waals surface area (Å²) in [6.07, 6.45) is 5.69. The number of halogens is 2. The smallest absolute Gasteiger partial charge is 0.335 e. The van der Waals surface area contributed by atoms with E-state index in [4.69, 9.17) is 33.0 Å². The standard InChI is InChI=1S/C44H48Cl2N6O4/c1-25-20-31(21-26(2)40(25)46)56-19-9-10-32-33-13-14-35(45)39(38-28(4)47-51(29(38)5)18-17-49-15-7-8-16-49)41(33)52-27(3)23-50(43(53)42(32)52)37-24-48(6)36-22-30(44(54)55)11-12-34(36)37/h11-14,20-22,24,27H,7-10,15-19,23H2,1-6H3,(H,54,55)/t27-/m1/s1. The Morgan fingerprint density at radius 3 is 2.39 bits per heavy atom. The van der Waals surface area contributed by atoms with Gasteiger partial charge in [0.1, 0.15) is 11.4 Å². The number of anilines is 1. The van der Waals surface area contributed by atoms with Crippen molar-refractivity contribution >= 4 is 62.6 Å². The van der Waals surface area contributed by atoms with Crippen molar-refractivity contribution in [3.63, 3.8) is 0 Å². The predicted molar refractivity (Wildman–Crippen MR) is 224 cm³/mol. The van der Waals surface area contributed by atoms with Gasteiger partial charge in [0, 0.05) is 65.0 Å². The molecule has 0 saturated carbocycles. The fourth-order valence-electron chi connectivity index (χ4n) is 9.03. The molecule has 6 aromatic rings. The third-order valence-electron chi connectivity index (χ3n) is 11.8. The maximum Gasteiger partial charge on any atom is 0.335 e. The molecule has 2 aliphatic heterocycles. The number of aromatic nitrogens is 4. The molecule has 292 valence electrons. The van der Waals surface area contributed by atoms with Crippen LogP contribution in [0.25, 0.3) is 32.9 Å². The summed E-state index contributed by atoms with van der Waals surface area (Å²) in [4.78, 5) is 31.3. The van der Waals surface area contributed by atoms with Crippen LogP contribution in [0.15, 0.2) is 48.7 Å². The number of nitrogens with zero attached hydrogens (tertiary/aromatic N) is 6. The van der Waals surface area contributed by atoms with Gasteiger partial charge in [-0.05, 0) is 126 Å². The van der Waals surface area contributed by atoms with E-state index in [-0.39, 0.29) is 17.5 Å². The number of carbonyl (C=O) groups excluding carboxylic acids is 1. The summed E-state index contributed by atoms with van der Waals surface area (Å²) in [5.41, 5.74) is 10.1. The molecular formula is C44H48Cl2N6O4. The quantitative estimate of drug-likeness (QED) is 0.131. The van der Waals surface area contributed by atoms with Crippen LogP contribution in [0.5, 0.6) is 5.75 Å². The number of hydrogen-bond acceptors (Lipinski definition) is 5. The van der Waals surface area contributed by atoms with Crippen molar-refractivity contribution in [2.75, 3.05) is 37.7 Å². The van der Waals surface area contributed by atoms with E-state index < -0.39 is 5.97 Å². The maximum absolute atomic E-state index is 15.1. The van der Waals surface area contributed by atoms with Gasteiger partial charge < -0.3 is 28.8 Å². The van der Waals surface area contributed by atoms with Gasteiger partial charge in [0.15, 0.2) is 0 Å². The summed E-state index contributed by atoms with van der Waals surface area (Å²) >= 11 is 13.7. The van der Waals surface area contributed by atoms with Crippen LogP contribution in [-0.4, -0.2) is 73.6 Å². The Kier molecular flexibility index (Phi) is 10.2. The molecule has 1 saturated heterocycles. The highest BCUT2D eigenvalue weighted by atomic mass is 35.5. The number of carbonyl (C=O) groups is 2. The van der Waals surface area contributed by atoms with Crippen molar-refractivity contribution in [1.29, 1.82) is 0 Å². The highest BCUT2D eigenvalue weighted by molar-refractivity contribution is 6.35. The first kappa shape index (κ1) is 38.1. The van der Waals surface area contributed by atoms with E-state index in [1.54, 1.807) is 18.2 Å². The average molecular weight is 796 g/mol. The molecule has 0 bridgehead atoms. The molecule has 3 aromatic carbocycles. The first-order valence-electron chi connectivity index (χ1n) is 19.5. The lowest BCUT2D eigenvalue weighted by Crippen LogP contribution is -2.42. The summed E-state index contributed by atoms with van der Waals surface area (Å²) in [7, 11) is 1.88. The third kappa shape index (κ3) is 6.55. The van der Waals surface area contributed by atoms with E-state index in [1.165, 1.54) is 12.8 Å². The number of fused-ring (bicyclic) bond motifs is 4. The highest BCUT2D eigenvalue weighted by Gasteiger charge is 2.38. The molecule has 0 spiro atoms. The molecule has 10 nitrogen and oxygen atoms in total. The number of aryl methyl sites for hydroxylation is 5. The van der Waals surface area contributed by atoms with Crippen LogP contribution in [0.1, 0.15) is 81.2 Å². The first-order chi connectivity index (χ1) is 26.8. The zero-order valence-corrected chi connectivity index (χ0v) is 34.4. The monoisotopic (exact) mass is 794 g/mol. The number of aromatic carboxylic acids is 1. The van der Waals surface area contributed by atoms with Crippen molar-refractivity contribution in [3.8, 4) is 16.9 Å². The molecule has 2 aliphatic rings. The van der Waals surface area contributed by atoms with Crippen LogP contribution in [-0.2, 0) is 20.0 Å². The molecular weight excluding hydrogens is 747 g/mol. The summed E-state index contributed by atoms with van der Waals surface area (Å²) in [6.45, 7) is 15.2. The average Bonchev–Trinajstić information content (AvgIpc) is 3.94. The largest absolute Gasteiger partial charge is 0.494 e. The van der Waals surface area contributed by atoms with Crippen LogP contribution >= 0.6 is 23.2 Å². The number of benzene rings is 3. The van der Waals surface area contributed by atoms with E-state index in [2.05, 4.69) is 41.0 Å². The number of hydrogen-bond donors (Lipinski definition) is 1. The molecule has 0 radical (unpaired) electrons. The molecule has 1 N–H and O–H groups in total.